The number of hydrogen-bond acceptors (Lipinski definition) is 8. The summed E-state index contributed by atoms with van der Waals surface area (Å²) in [6, 6.07) is 12.9. The molecule has 1 aliphatic rings. The van der Waals surface area contributed by atoms with E-state index in [2.05, 4.69) is 10.1 Å². The van der Waals surface area contributed by atoms with Crippen molar-refractivity contribution in [3.05, 3.63) is 71.3 Å². The predicted octanol–water partition coefficient (Wildman–Crippen LogP) is 3.93. The molecule has 3 aromatic rings. The first-order valence-corrected chi connectivity index (χ1v) is 11.3. The number of amides is 1. The molecule has 2 aromatic carbocycles. The number of aliphatic hydroxyl groups excluding tert-OH is 2. The van der Waals surface area contributed by atoms with Crippen LogP contribution in [0.3, 0.4) is 0 Å². The van der Waals surface area contributed by atoms with Crippen molar-refractivity contribution >= 4 is 17.4 Å². The van der Waals surface area contributed by atoms with E-state index in [1.807, 2.05) is 13.8 Å². The third kappa shape index (κ3) is 4.81. The van der Waals surface area contributed by atoms with E-state index >= 15 is 0 Å². The zero-order valence-corrected chi connectivity index (χ0v) is 19.8. The number of aryl methyl sites for hydroxylation is 1. The molecule has 0 saturated carbocycles. The third-order valence-corrected chi connectivity index (χ3v) is 5.58. The van der Waals surface area contributed by atoms with Crippen LogP contribution in [0.25, 0.3) is 11.5 Å². The van der Waals surface area contributed by atoms with Gasteiger partial charge in [-0.15, -0.1) is 0 Å². The topological polar surface area (TPSA) is 126 Å². The lowest BCUT2D eigenvalue weighted by molar-refractivity contribution is -0.118. The number of ketones is 1. The summed E-state index contributed by atoms with van der Waals surface area (Å²) in [5.41, 5.74) is 1.69. The number of para-hydroxylation sites is 1. The van der Waals surface area contributed by atoms with E-state index in [0.29, 0.717) is 34.3 Å². The van der Waals surface area contributed by atoms with Gasteiger partial charge in [-0.3, -0.25) is 14.5 Å². The Morgan fingerprint density at radius 2 is 1.89 bits per heavy atom. The molecule has 35 heavy (non-hydrogen) atoms. The summed E-state index contributed by atoms with van der Waals surface area (Å²) in [6.45, 7) is 5.36. The summed E-state index contributed by atoms with van der Waals surface area (Å²) in [6.07, 6.45) is 0.173. The average molecular weight is 478 g/mol. The zero-order valence-electron chi connectivity index (χ0n) is 19.8. The van der Waals surface area contributed by atoms with Gasteiger partial charge in [0, 0.05) is 23.2 Å². The van der Waals surface area contributed by atoms with Crippen LogP contribution in [0.15, 0.2) is 64.4 Å². The largest absolute Gasteiger partial charge is 0.503 e. The number of carbonyl (C=O) groups is 2. The Morgan fingerprint density at radius 3 is 2.51 bits per heavy atom. The van der Waals surface area contributed by atoms with Gasteiger partial charge in [0.15, 0.2) is 17.4 Å². The summed E-state index contributed by atoms with van der Waals surface area (Å²) in [5.74, 6) is -0.281. The van der Waals surface area contributed by atoms with Crippen LogP contribution in [-0.4, -0.2) is 45.3 Å². The number of hydrogen-bond donors (Lipinski definition) is 2. The van der Waals surface area contributed by atoms with Crippen molar-refractivity contribution in [1.82, 2.24) is 10.1 Å². The fourth-order valence-electron chi connectivity index (χ4n) is 4.10. The Bertz CT molecular complexity index is 1260. The molecule has 0 fully saturated rings. The molecular weight excluding hydrogens is 450 g/mol. The van der Waals surface area contributed by atoms with Gasteiger partial charge in [-0.05, 0) is 43.2 Å². The minimum Gasteiger partial charge on any atom is -0.503 e. The monoisotopic (exact) mass is 477 g/mol. The maximum absolute atomic E-state index is 13.3. The second-order valence-corrected chi connectivity index (χ2v) is 8.66. The van der Waals surface area contributed by atoms with Crippen molar-refractivity contribution in [2.45, 2.75) is 33.2 Å². The molecule has 1 amide bonds. The molecule has 182 valence electrons. The summed E-state index contributed by atoms with van der Waals surface area (Å²) < 4.78 is 10.9. The molecule has 1 atom stereocenters. The smallest absolute Gasteiger partial charge is 0.294 e. The van der Waals surface area contributed by atoms with Crippen LogP contribution < -0.4 is 9.64 Å². The summed E-state index contributed by atoms with van der Waals surface area (Å²) >= 11 is 0. The molecule has 9 heteroatoms. The van der Waals surface area contributed by atoms with Crippen molar-refractivity contribution in [3.8, 4) is 17.2 Å². The number of rotatable bonds is 9. The van der Waals surface area contributed by atoms with Gasteiger partial charge in [0.05, 0.1) is 18.2 Å². The van der Waals surface area contributed by atoms with E-state index in [0.717, 1.165) is 0 Å². The Morgan fingerprint density at radius 1 is 1.17 bits per heavy atom. The van der Waals surface area contributed by atoms with Crippen LogP contribution >= 0.6 is 0 Å². The first kappa shape index (κ1) is 24.2. The van der Waals surface area contributed by atoms with Crippen molar-refractivity contribution in [2.75, 3.05) is 18.1 Å². The van der Waals surface area contributed by atoms with E-state index in [1.165, 1.54) is 4.90 Å². The molecule has 0 saturated heterocycles. The van der Waals surface area contributed by atoms with Gasteiger partial charge < -0.3 is 19.5 Å². The second-order valence-electron chi connectivity index (χ2n) is 8.66. The molecule has 4 rings (SSSR count). The number of anilines is 1. The minimum absolute atomic E-state index is 0.0281. The lowest BCUT2D eigenvalue weighted by Crippen LogP contribution is -2.31. The molecule has 1 aromatic heterocycles. The maximum atomic E-state index is 13.3. The second kappa shape index (κ2) is 10.1. The molecule has 2 heterocycles. The Kier molecular flexibility index (Phi) is 6.97. The minimum atomic E-state index is -0.903. The molecule has 0 bridgehead atoms. The van der Waals surface area contributed by atoms with E-state index in [4.69, 9.17) is 9.26 Å². The first-order valence-electron chi connectivity index (χ1n) is 11.3. The fourth-order valence-corrected chi connectivity index (χ4v) is 4.10. The number of aliphatic hydroxyl groups is 2. The summed E-state index contributed by atoms with van der Waals surface area (Å²) in [4.78, 5) is 32.1. The van der Waals surface area contributed by atoms with Crippen LogP contribution in [0, 0.1) is 12.8 Å². The molecule has 1 aliphatic heterocycles. The van der Waals surface area contributed by atoms with Crippen LogP contribution in [-0.2, 0) is 9.59 Å². The predicted molar refractivity (Wildman–Crippen MR) is 128 cm³/mol. The van der Waals surface area contributed by atoms with Crippen molar-refractivity contribution in [3.63, 3.8) is 0 Å². The van der Waals surface area contributed by atoms with Crippen LogP contribution in [0.1, 0.15) is 37.7 Å². The number of carbonyl (C=O) groups excluding carboxylic acids is 2. The van der Waals surface area contributed by atoms with Gasteiger partial charge in [-0.2, -0.15) is 4.98 Å². The number of ether oxygens (including phenoxy) is 1. The van der Waals surface area contributed by atoms with Gasteiger partial charge in [0.25, 0.3) is 11.8 Å². The zero-order chi connectivity index (χ0) is 25.1. The highest BCUT2D eigenvalue weighted by atomic mass is 16.5. The van der Waals surface area contributed by atoms with E-state index in [1.54, 1.807) is 55.5 Å². The molecule has 9 nitrogen and oxygen atoms in total. The maximum Gasteiger partial charge on any atom is 0.294 e. The van der Waals surface area contributed by atoms with Gasteiger partial charge in [-0.25, -0.2) is 0 Å². The van der Waals surface area contributed by atoms with Gasteiger partial charge in [-0.1, -0.05) is 37.2 Å². The molecule has 1 unspecified atom stereocenters. The summed E-state index contributed by atoms with van der Waals surface area (Å²) in [5, 5.41) is 23.9. The highest BCUT2D eigenvalue weighted by Gasteiger charge is 2.45. The van der Waals surface area contributed by atoms with Crippen molar-refractivity contribution in [1.29, 1.82) is 0 Å². The van der Waals surface area contributed by atoms with Crippen molar-refractivity contribution in [2.24, 2.45) is 5.92 Å². The standard InChI is InChI=1S/C26H27N3O6/c1-15(2)14-20(31)22-23(19-6-4-5-7-21(19)34-13-12-30)29(26(33)24(22)32)18-10-8-17(9-11-18)25-27-16(3)28-35-25/h4-11,15,23,30,32H,12-14H2,1-3H3. The van der Waals surface area contributed by atoms with Gasteiger partial charge in [0.2, 0.25) is 0 Å². The van der Waals surface area contributed by atoms with Gasteiger partial charge in [0.1, 0.15) is 12.4 Å². The van der Waals surface area contributed by atoms with E-state index in [9.17, 15) is 19.8 Å². The van der Waals surface area contributed by atoms with Crippen LogP contribution in [0.2, 0.25) is 0 Å². The number of aromatic nitrogens is 2. The lowest BCUT2D eigenvalue weighted by Gasteiger charge is -2.28. The quantitative estimate of drug-likeness (QED) is 0.475. The Labute approximate surface area is 202 Å². The molecular formula is C26H27N3O6. The van der Waals surface area contributed by atoms with E-state index < -0.39 is 17.7 Å². The van der Waals surface area contributed by atoms with Crippen LogP contribution in [0.4, 0.5) is 5.69 Å². The molecule has 2 N–H and O–H groups in total. The Hall–Kier alpha value is -3.98. The molecule has 0 spiro atoms. The normalized spacial score (nSPS) is 15.9. The number of Topliss-reactive ketones (excluding diaryl/α,β-unsaturated/α-hetero) is 1. The number of benzene rings is 2. The number of nitrogens with zero attached hydrogens (tertiary/aromatic N) is 3. The average Bonchev–Trinajstić information content (AvgIpc) is 3.38. The SMILES string of the molecule is Cc1noc(-c2ccc(N3C(=O)C(O)=C(C(=O)CC(C)C)C3c3ccccc3OCCO)cc2)n1. The highest BCUT2D eigenvalue weighted by molar-refractivity contribution is 6.16. The van der Waals surface area contributed by atoms with Crippen molar-refractivity contribution < 1.29 is 29.1 Å². The first-order chi connectivity index (χ1) is 16.8. The summed E-state index contributed by atoms with van der Waals surface area (Å²) in [7, 11) is 0. The fraction of sp³-hybridized carbons (Fsp3) is 0.308. The Balaban J connectivity index is 1.80. The lowest BCUT2D eigenvalue weighted by atomic mass is 9.91. The highest BCUT2D eigenvalue weighted by Crippen LogP contribution is 2.44. The van der Waals surface area contributed by atoms with Crippen LogP contribution in [0.5, 0.6) is 5.75 Å². The third-order valence-electron chi connectivity index (χ3n) is 5.58. The molecule has 0 radical (unpaired) electrons. The molecule has 0 aliphatic carbocycles. The van der Waals surface area contributed by atoms with E-state index in [-0.39, 0.29) is 36.9 Å². The van der Waals surface area contributed by atoms with Gasteiger partial charge >= 0.3 is 0 Å².